The second-order valence-corrected chi connectivity index (χ2v) is 5.61. The Morgan fingerprint density at radius 3 is 3.11 bits per heavy atom. The van der Waals surface area contributed by atoms with E-state index in [0.29, 0.717) is 17.7 Å². The minimum atomic E-state index is 0.602. The van der Waals surface area contributed by atoms with Crippen molar-refractivity contribution in [3.8, 4) is 5.88 Å². The van der Waals surface area contributed by atoms with Crippen LogP contribution in [0, 0.1) is 11.8 Å². The first-order valence-corrected chi connectivity index (χ1v) is 7.00. The van der Waals surface area contributed by atoms with Crippen molar-refractivity contribution >= 4 is 5.95 Å². The number of methoxy groups -OCH3 is 1. The lowest BCUT2D eigenvalue weighted by molar-refractivity contribution is 0.289. The predicted molar refractivity (Wildman–Crippen MR) is 76.5 cm³/mol. The van der Waals surface area contributed by atoms with Gasteiger partial charge in [-0.25, -0.2) is 4.98 Å². The molecule has 0 radical (unpaired) electrons. The highest BCUT2D eigenvalue weighted by Crippen LogP contribution is 2.18. The van der Waals surface area contributed by atoms with Gasteiger partial charge >= 0.3 is 0 Å². The van der Waals surface area contributed by atoms with Gasteiger partial charge < -0.3 is 15.0 Å². The molecule has 0 aliphatic carbocycles. The largest absolute Gasteiger partial charge is 0.481 e. The van der Waals surface area contributed by atoms with Crippen molar-refractivity contribution in [2.24, 2.45) is 11.8 Å². The Labute approximate surface area is 115 Å². The summed E-state index contributed by atoms with van der Waals surface area (Å²) in [4.78, 5) is 11.0. The molecule has 0 aromatic carbocycles. The molecule has 0 amide bonds. The van der Waals surface area contributed by atoms with Gasteiger partial charge in [0.15, 0.2) is 0 Å². The minimum absolute atomic E-state index is 0.602. The molecule has 1 saturated heterocycles. The molecule has 2 rings (SSSR count). The summed E-state index contributed by atoms with van der Waals surface area (Å²) in [5, 5.41) is 3.31. The Balaban J connectivity index is 1.77. The van der Waals surface area contributed by atoms with Crippen LogP contribution >= 0.6 is 0 Å². The molecule has 0 spiro atoms. The number of hydrogen-bond donors (Lipinski definition) is 1. The Kier molecular flexibility index (Phi) is 4.96. The molecular weight excluding hydrogens is 240 g/mol. The summed E-state index contributed by atoms with van der Waals surface area (Å²) in [5.41, 5.74) is 0. The van der Waals surface area contributed by atoms with E-state index in [1.165, 1.54) is 26.1 Å². The van der Waals surface area contributed by atoms with E-state index in [4.69, 9.17) is 4.74 Å². The van der Waals surface area contributed by atoms with E-state index >= 15 is 0 Å². The molecule has 106 valence electrons. The standard InChI is InChI=1S/C14H24N4O/c1-11(2)9-18-7-5-12(10-18)8-16-14-15-6-4-13(17-14)19-3/h4,6,11-12H,5,7-10H2,1-3H3,(H,15,16,17). The third-order valence-corrected chi connectivity index (χ3v) is 3.38. The van der Waals surface area contributed by atoms with Gasteiger partial charge in [-0.1, -0.05) is 13.8 Å². The lowest BCUT2D eigenvalue weighted by atomic mass is 10.1. The Morgan fingerprint density at radius 1 is 1.53 bits per heavy atom. The fourth-order valence-corrected chi connectivity index (χ4v) is 2.54. The van der Waals surface area contributed by atoms with Crippen LogP contribution in [0.3, 0.4) is 0 Å². The van der Waals surface area contributed by atoms with Crippen molar-refractivity contribution in [1.29, 1.82) is 0 Å². The average molecular weight is 264 g/mol. The normalized spacial score (nSPS) is 19.9. The van der Waals surface area contributed by atoms with Crippen LogP contribution in [-0.4, -0.2) is 48.2 Å². The van der Waals surface area contributed by atoms with Crippen LogP contribution < -0.4 is 10.1 Å². The van der Waals surface area contributed by atoms with Crippen molar-refractivity contribution in [2.75, 3.05) is 38.6 Å². The average Bonchev–Trinajstić information content (AvgIpc) is 2.83. The summed E-state index contributed by atoms with van der Waals surface area (Å²) < 4.78 is 5.09. The maximum atomic E-state index is 5.09. The van der Waals surface area contributed by atoms with Gasteiger partial charge in [-0.05, 0) is 24.8 Å². The smallest absolute Gasteiger partial charge is 0.225 e. The van der Waals surface area contributed by atoms with Crippen LogP contribution in [-0.2, 0) is 0 Å². The van der Waals surface area contributed by atoms with Crippen LogP contribution in [0.1, 0.15) is 20.3 Å². The predicted octanol–water partition coefficient (Wildman–Crippen LogP) is 1.87. The van der Waals surface area contributed by atoms with Gasteiger partial charge in [0.25, 0.3) is 0 Å². The maximum Gasteiger partial charge on any atom is 0.225 e. The summed E-state index contributed by atoms with van der Waals surface area (Å²) in [7, 11) is 1.62. The number of hydrogen-bond acceptors (Lipinski definition) is 5. The fraction of sp³-hybridized carbons (Fsp3) is 0.714. The molecule has 1 atom stereocenters. The Hall–Kier alpha value is -1.36. The van der Waals surface area contributed by atoms with E-state index < -0.39 is 0 Å². The maximum absolute atomic E-state index is 5.09. The summed E-state index contributed by atoms with van der Waals surface area (Å²) in [6.07, 6.45) is 2.97. The van der Waals surface area contributed by atoms with Gasteiger partial charge in [0, 0.05) is 31.9 Å². The van der Waals surface area contributed by atoms with Gasteiger partial charge in [0.1, 0.15) is 0 Å². The number of likely N-dealkylation sites (tertiary alicyclic amines) is 1. The van der Waals surface area contributed by atoms with E-state index in [1.807, 2.05) is 0 Å². The van der Waals surface area contributed by atoms with E-state index in [-0.39, 0.29) is 0 Å². The molecule has 19 heavy (non-hydrogen) atoms. The van der Waals surface area contributed by atoms with Gasteiger partial charge in [-0.3, -0.25) is 0 Å². The second kappa shape index (κ2) is 6.70. The Morgan fingerprint density at radius 2 is 2.37 bits per heavy atom. The van der Waals surface area contributed by atoms with Crippen molar-refractivity contribution in [3.63, 3.8) is 0 Å². The molecule has 1 unspecified atom stereocenters. The first-order valence-electron chi connectivity index (χ1n) is 7.00. The summed E-state index contributed by atoms with van der Waals surface area (Å²) in [5.74, 6) is 2.69. The zero-order chi connectivity index (χ0) is 13.7. The molecule has 5 nitrogen and oxygen atoms in total. The molecule has 1 aromatic rings. The van der Waals surface area contributed by atoms with Crippen molar-refractivity contribution < 1.29 is 4.74 Å². The molecule has 2 heterocycles. The third-order valence-electron chi connectivity index (χ3n) is 3.38. The highest BCUT2D eigenvalue weighted by molar-refractivity contribution is 5.27. The van der Waals surface area contributed by atoms with E-state index in [2.05, 4.69) is 34.0 Å². The molecule has 1 N–H and O–H groups in total. The van der Waals surface area contributed by atoms with Crippen LogP contribution in [0.15, 0.2) is 12.3 Å². The Bertz CT molecular complexity index is 397. The number of anilines is 1. The van der Waals surface area contributed by atoms with Crippen molar-refractivity contribution in [2.45, 2.75) is 20.3 Å². The molecule has 1 aromatic heterocycles. The van der Waals surface area contributed by atoms with Gasteiger partial charge in [-0.2, -0.15) is 4.98 Å². The molecule has 1 aliphatic rings. The summed E-state index contributed by atoms with van der Waals surface area (Å²) in [6.45, 7) is 9.07. The monoisotopic (exact) mass is 264 g/mol. The van der Waals surface area contributed by atoms with Gasteiger partial charge in [-0.15, -0.1) is 0 Å². The fourth-order valence-electron chi connectivity index (χ4n) is 2.54. The van der Waals surface area contributed by atoms with Gasteiger partial charge in [0.2, 0.25) is 11.8 Å². The number of ether oxygens (including phenoxy) is 1. The summed E-state index contributed by atoms with van der Waals surface area (Å²) >= 11 is 0. The lowest BCUT2D eigenvalue weighted by Gasteiger charge is -2.18. The van der Waals surface area contributed by atoms with Crippen molar-refractivity contribution in [1.82, 2.24) is 14.9 Å². The SMILES string of the molecule is COc1ccnc(NCC2CCN(CC(C)C)C2)n1. The van der Waals surface area contributed by atoms with E-state index in [9.17, 15) is 0 Å². The molecular formula is C14H24N4O. The van der Waals surface area contributed by atoms with Crippen LogP contribution in [0.4, 0.5) is 5.95 Å². The zero-order valence-electron chi connectivity index (χ0n) is 12.1. The van der Waals surface area contributed by atoms with E-state index in [1.54, 1.807) is 19.4 Å². The topological polar surface area (TPSA) is 50.3 Å². The first kappa shape index (κ1) is 14.1. The lowest BCUT2D eigenvalue weighted by Crippen LogP contribution is -2.26. The number of nitrogens with zero attached hydrogens (tertiary/aromatic N) is 3. The second-order valence-electron chi connectivity index (χ2n) is 5.61. The molecule has 1 aliphatic heterocycles. The van der Waals surface area contributed by atoms with Gasteiger partial charge in [0.05, 0.1) is 7.11 Å². The van der Waals surface area contributed by atoms with E-state index in [0.717, 1.165) is 12.5 Å². The highest BCUT2D eigenvalue weighted by Gasteiger charge is 2.22. The first-order chi connectivity index (χ1) is 9.17. The van der Waals surface area contributed by atoms with Crippen LogP contribution in [0.5, 0.6) is 5.88 Å². The minimum Gasteiger partial charge on any atom is -0.481 e. The number of aromatic nitrogens is 2. The third kappa shape index (κ3) is 4.35. The molecule has 0 saturated carbocycles. The zero-order valence-corrected chi connectivity index (χ0v) is 12.1. The quantitative estimate of drug-likeness (QED) is 0.850. The molecule has 5 heteroatoms. The molecule has 1 fully saturated rings. The van der Waals surface area contributed by atoms with Crippen LogP contribution in [0.2, 0.25) is 0 Å². The number of rotatable bonds is 6. The molecule has 0 bridgehead atoms. The summed E-state index contributed by atoms with van der Waals surface area (Å²) in [6, 6.07) is 1.76. The van der Waals surface area contributed by atoms with Crippen molar-refractivity contribution in [3.05, 3.63) is 12.3 Å². The highest BCUT2D eigenvalue weighted by atomic mass is 16.5. The number of nitrogens with one attached hydrogen (secondary N) is 1. The van der Waals surface area contributed by atoms with Crippen LogP contribution in [0.25, 0.3) is 0 Å².